The lowest BCUT2D eigenvalue weighted by Crippen LogP contribution is -2.44. The summed E-state index contributed by atoms with van der Waals surface area (Å²) in [6.45, 7) is 11.7. The molecule has 0 aromatic rings. The van der Waals surface area contributed by atoms with Crippen LogP contribution in [-0.2, 0) is 9.53 Å². The van der Waals surface area contributed by atoms with Crippen LogP contribution in [0.25, 0.3) is 0 Å². The highest BCUT2D eigenvalue weighted by Crippen LogP contribution is 2.19. The van der Waals surface area contributed by atoms with Gasteiger partial charge in [0.2, 0.25) is 0 Å². The van der Waals surface area contributed by atoms with E-state index >= 15 is 0 Å². The molecule has 0 fully saturated rings. The molecule has 0 aromatic carbocycles. The first-order chi connectivity index (χ1) is 6.16. The molecule has 14 heavy (non-hydrogen) atoms. The van der Waals surface area contributed by atoms with Crippen molar-refractivity contribution < 1.29 is 9.53 Å². The Morgan fingerprint density at radius 1 is 1.21 bits per heavy atom. The first-order valence-electron chi connectivity index (χ1n) is 5.12. The SMILES string of the molecule is CC(C)C(C)OC(=O)[C@@H](N)C(C)(C)C. The van der Waals surface area contributed by atoms with Crippen LogP contribution in [-0.4, -0.2) is 18.1 Å². The number of ether oxygens (including phenoxy) is 1. The Hall–Kier alpha value is -0.570. The minimum atomic E-state index is -0.552. The van der Waals surface area contributed by atoms with Gasteiger partial charge < -0.3 is 10.5 Å². The molecular weight excluding hydrogens is 178 g/mol. The van der Waals surface area contributed by atoms with Crippen molar-refractivity contribution in [2.24, 2.45) is 17.1 Å². The van der Waals surface area contributed by atoms with Gasteiger partial charge in [0.1, 0.15) is 12.1 Å². The molecule has 0 rings (SSSR count). The van der Waals surface area contributed by atoms with Gasteiger partial charge in [-0.2, -0.15) is 0 Å². The monoisotopic (exact) mass is 201 g/mol. The number of carbonyl (C=O) groups excluding carboxylic acids is 1. The maximum Gasteiger partial charge on any atom is 0.323 e. The van der Waals surface area contributed by atoms with Crippen LogP contribution in [0.3, 0.4) is 0 Å². The van der Waals surface area contributed by atoms with Crippen molar-refractivity contribution in [3.05, 3.63) is 0 Å². The molecule has 2 N–H and O–H groups in total. The third-order valence-corrected chi connectivity index (χ3v) is 2.43. The lowest BCUT2D eigenvalue weighted by Gasteiger charge is -2.27. The maximum atomic E-state index is 11.6. The van der Waals surface area contributed by atoms with Gasteiger partial charge in [-0.15, -0.1) is 0 Å². The van der Waals surface area contributed by atoms with E-state index in [4.69, 9.17) is 10.5 Å². The molecule has 0 amide bonds. The first kappa shape index (κ1) is 13.4. The molecule has 84 valence electrons. The topological polar surface area (TPSA) is 52.3 Å². The zero-order valence-corrected chi connectivity index (χ0v) is 10.1. The second-order valence-corrected chi connectivity index (χ2v) is 5.23. The van der Waals surface area contributed by atoms with Gasteiger partial charge in [-0.05, 0) is 18.3 Å². The van der Waals surface area contributed by atoms with Crippen molar-refractivity contribution in [2.75, 3.05) is 0 Å². The van der Waals surface area contributed by atoms with E-state index in [9.17, 15) is 4.79 Å². The first-order valence-corrected chi connectivity index (χ1v) is 5.12. The van der Waals surface area contributed by atoms with Crippen LogP contribution in [0.15, 0.2) is 0 Å². The summed E-state index contributed by atoms with van der Waals surface area (Å²) in [6, 6.07) is -0.552. The van der Waals surface area contributed by atoms with E-state index in [-0.39, 0.29) is 17.5 Å². The fourth-order valence-electron chi connectivity index (χ4n) is 0.746. The Morgan fingerprint density at radius 2 is 1.64 bits per heavy atom. The predicted octanol–water partition coefficient (Wildman–Crippen LogP) is 1.95. The van der Waals surface area contributed by atoms with Gasteiger partial charge in [0.25, 0.3) is 0 Å². The number of rotatable bonds is 3. The Kier molecular flexibility index (Phi) is 4.59. The van der Waals surface area contributed by atoms with E-state index in [1.54, 1.807) is 0 Å². The quantitative estimate of drug-likeness (QED) is 0.710. The Labute approximate surface area is 87.0 Å². The van der Waals surface area contributed by atoms with Gasteiger partial charge in [0.05, 0.1) is 0 Å². The highest BCUT2D eigenvalue weighted by atomic mass is 16.5. The highest BCUT2D eigenvalue weighted by Gasteiger charge is 2.30. The molecule has 0 bridgehead atoms. The Balaban J connectivity index is 4.23. The molecule has 0 spiro atoms. The number of esters is 1. The summed E-state index contributed by atoms with van der Waals surface area (Å²) < 4.78 is 5.24. The highest BCUT2D eigenvalue weighted by molar-refractivity contribution is 5.76. The summed E-state index contributed by atoms with van der Waals surface area (Å²) >= 11 is 0. The summed E-state index contributed by atoms with van der Waals surface area (Å²) in [4.78, 5) is 11.6. The van der Waals surface area contributed by atoms with Crippen LogP contribution in [0.2, 0.25) is 0 Å². The van der Waals surface area contributed by atoms with Crippen molar-refractivity contribution in [3.63, 3.8) is 0 Å². The molecule has 0 heterocycles. The third kappa shape index (κ3) is 4.09. The molecule has 0 aliphatic heterocycles. The van der Waals surface area contributed by atoms with Gasteiger partial charge >= 0.3 is 5.97 Å². The van der Waals surface area contributed by atoms with E-state index in [0.717, 1.165) is 0 Å². The third-order valence-electron chi connectivity index (χ3n) is 2.43. The zero-order valence-electron chi connectivity index (χ0n) is 10.1. The summed E-state index contributed by atoms with van der Waals surface area (Å²) in [5.41, 5.74) is 5.53. The van der Waals surface area contributed by atoms with Crippen molar-refractivity contribution >= 4 is 5.97 Å². The molecule has 3 nitrogen and oxygen atoms in total. The maximum absolute atomic E-state index is 11.6. The average Bonchev–Trinajstić information content (AvgIpc) is 2.00. The van der Waals surface area contributed by atoms with E-state index in [1.165, 1.54) is 0 Å². The Bertz CT molecular complexity index is 194. The Morgan fingerprint density at radius 3 is 1.93 bits per heavy atom. The van der Waals surface area contributed by atoms with Crippen molar-refractivity contribution in [2.45, 2.75) is 53.7 Å². The number of carbonyl (C=O) groups is 1. The van der Waals surface area contributed by atoms with Gasteiger partial charge in [-0.3, -0.25) is 4.79 Å². The molecule has 0 aliphatic rings. The number of hydrogen-bond acceptors (Lipinski definition) is 3. The normalized spacial score (nSPS) is 16.6. The molecule has 0 saturated heterocycles. The van der Waals surface area contributed by atoms with Crippen LogP contribution >= 0.6 is 0 Å². The van der Waals surface area contributed by atoms with E-state index in [2.05, 4.69) is 0 Å². The number of hydrogen-bond donors (Lipinski definition) is 1. The minimum Gasteiger partial charge on any atom is -0.461 e. The van der Waals surface area contributed by atoms with E-state index < -0.39 is 6.04 Å². The van der Waals surface area contributed by atoms with Gasteiger partial charge in [-0.1, -0.05) is 34.6 Å². The zero-order chi connectivity index (χ0) is 11.5. The van der Waals surface area contributed by atoms with Gasteiger partial charge in [0.15, 0.2) is 0 Å². The standard InChI is InChI=1S/C11H23NO2/c1-7(2)8(3)14-10(13)9(12)11(4,5)6/h7-9H,12H2,1-6H3/t8?,9-/m1/s1. The summed E-state index contributed by atoms with van der Waals surface area (Å²) in [5, 5.41) is 0. The number of nitrogens with two attached hydrogens (primary N) is 1. The summed E-state index contributed by atoms with van der Waals surface area (Å²) in [7, 11) is 0. The molecule has 0 aromatic heterocycles. The van der Waals surface area contributed by atoms with Crippen LogP contribution in [0.1, 0.15) is 41.5 Å². The lowest BCUT2D eigenvalue weighted by molar-refractivity contribution is -0.154. The summed E-state index contributed by atoms with van der Waals surface area (Å²) in [6.07, 6.45) is -0.0732. The second kappa shape index (κ2) is 4.78. The molecule has 0 saturated carbocycles. The summed E-state index contributed by atoms with van der Waals surface area (Å²) in [5.74, 6) is 0.0184. The van der Waals surface area contributed by atoms with Gasteiger partial charge in [-0.25, -0.2) is 0 Å². The average molecular weight is 201 g/mol. The second-order valence-electron chi connectivity index (χ2n) is 5.23. The molecule has 0 radical (unpaired) electrons. The largest absolute Gasteiger partial charge is 0.461 e. The smallest absolute Gasteiger partial charge is 0.323 e. The van der Waals surface area contributed by atoms with E-state index in [0.29, 0.717) is 5.92 Å². The van der Waals surface area contributed by atoms with Crippen LogP contribution in [0.5, 0.6) is 0 Å². The van der Waals surface area contributed by atoms with Crippen LogP contribution in [0.4, 0.5) is 0 Å². The molecular formula is C11H23NO2. The van der Waals surface area contributed by atoms with Crippen LogP contribution < -0.4 is 5.73 Å². The molecule has 2 atom stereocenters. The predicted molar refractivity (Wildman–Crippen MR) is 57.8 cm³/mol. The van der Waals surface area contributed by atoms with E-state index in [1.807, 2.05) is 41.5 Å². The molecule has 1 unspecified atom stereocenters. The van der Waals surface area contributed by atoms with Crippen LogP contribution in [0, 0.1) is 11.3 Å². The fraction of sp³-hybridized carbons (Fsp3) is 0.909. The van der Waals surface area contributed by atoms with Crippen molar-refractivity contribution in [1.29, 1.82) is 0 Å². The molecule has 0 aliphatic carbocycles. The van der Waals surface area contributed by atoms with Crippen molar-refractivity contribution in [3.8, 4) is 0 Å². The minimum absolute atomic E-state index is 0.0732. The molecule has 3 heteroatoms. The fourth-order valence-corrected chi connectivity index (χ4v) is 0.746. The lowest BCUT2D eigenvalue weighted by atomic mass is 9.87. The van der Waals surface area contributed by atoms with Crippen molar-refractivity contribution in [1.82, 2.24) is 0 Å². The van der Waals surface area contributed by atoms with Gasteiger partial charge in [0, 0.05) is 0 Å².